The molecule has 104 valence electrons. The maximum atomic E-state index is 12.6. The molecule has 18 heavy (non-hydrogen) atoms. The third-order valence-electron chi connectivity index (χ3n) is 3.33. The number of aliphatic hydroxyl groups is 1. The van der Waals surface area contributed by atoms with E-state index in [2.05, 4.69) is 0 Å². The van der Waals surface area contributed by atoms with Crippen LogP contribution in [-0.4, -0.2) is 72.1 Å². The predicted octanol–water partition coefficient (Wildman–Crippen LogP) is 0.438. The van der Waals surface area contributed by atoms with Crippen molar-refractivity contribution < 1.29 is 27.8 Å². The van der Waals surface area contributed by atoms with Crippen LogP contribution in [0, 0.1) is 0 Å². The number of urea groups is 1. The lowest BCUT2D eigenvalue weighted by molar-refractivity contribution is -0.253. The molecular formula is C10H15F3N2O3. The average molecular weight is 268 g/mol. The van der Waals surface area contributed by atoms with Crippen molar-refractivity contribution in [2.45, 2.75) is 18.2 Å². The molecule has 0 bridgehead atoms. The zero-order chi connectivity index (χ0) is 13.4. The van der Waals surface area contributed by atoms with Crippen LogP contribution in [0.3, 0.4) is 0 Å². The van der Waals surface area contributed by atoms with E-state index in [4.69, 9.17) is 4.74 Å². The summed E-state index contributed by atoms with van der Waals surface area (Å²) in [7, 11) is 0. The van der Waals surface area contributed by atoms with Crippen LogP contribution >= 0.6 is 0 Å². The highest BCUT2D eigenvalue weighted by molar-refractivity contribution is 5.75. The van der Waals surface area contributed by atoms with Gasteiger partial charge < -0.3 is 19.6 Å². The van der Waals surface area contributed by atoms with E-state index in [1.54, 1.807) is 0 Å². The molecule has 2 aliphatic rings. The number of rotatable bonds is 0. The van der Waals surface area contributed by atoms with Gasteiger partial charge in [0.15, 0.2) is 5.60 Å². The van der Waals surface area contributed by atoms with Crippen LogP contribution in [0.2, 0.25) is 0 Å². The van der Waals surface area contributed by atoms with E-state index < -0.39 is 30.8 Å². The summed E-state index contributed by atoms with van der Waals surface area (Å²) in [4.78, 5) is 14.4. The van der Waals surface area contributed by atoms with Gasteiger partial charge in [-0.05, 0) is 0 Å². The Bertz CT molecular complexity index is 331. The SMILES string of the molecule is O=C(N1CCOCC1)N1CCC(O)(C(F)(F)F)C1. The highest BCUT2D eigenvalue weighted by Gasteiger charge is 2.58. The van der Waals surface area contributed by atoms with Crippen molar-refractivity contribution in [1.82, 2.24) is 9.80 Å². The number of β-amino-alcohol motifs (C(OH)–C–C–N with tert-alkyl or cyclic N) is 1. The van der Waals surface area contributed by atoms with Gasteiger partial charge in [-0.2, -0.15) is 13.2 Å². The fourth-order valence-electron chi connectivity index (χ4n) is 2.14. The summed E-state index contributed by atoms with van der Waals surface area (Å²) in [5.74, 6) is 0. The van der Waals surface area contributed by atoms with Crippen molar-refractivity contribution >= 4 is 6.03 Å². The first-order chi connectivity index (χ1) is 8.33. The van der Waals surface area contributed by atoms with Crippen LogP contribution in [0.1, 0.15) is 6.42 Å². The Morgan fingerprint density at radius 2 is 1.78 bits per heavy atom. The number of morpholine rings is 1. The smallest absolute Gasteiger partial charge is 0.379 e. The first kappa shape index (κ1) is 13.4. The number of carbonyl (C=O) groups excluding carboxylic acids is 1. The molecule has 2 aliphatic heterocycles. The molecule has 0 aromatic rings. The van der Waals surface area contributed by atoms with Crippen LogP contribution in [0.15, 0.2) is 0 Å². The molecular weight excluding hydrogens is 253 g/mol. The molecule has 2 heterocycles. The number of amides is 2. The summed E-state index contributed by atoms with van der Waals surface area (Å²) < 4.78 is 42.9. The van der Waals surface area contributed by atoms with Gasteiger partial charge in [-0.15, -0.1) is 0 Å². The average Bonchev–Trinajstić information content (AvgIpc) is 2.73. The van der Waals surface area contributed by atoms with Gasteiger partial charge in [-0.25, -0.2) is 4.79 Å². The van der Waals surface area contributed by atoms with Crippen molar-refractivity contribution in [2.24, 2.45) is 0 Å². The number of hydrogen-bond donors (Lipinski definition) is 1. The molecule has 2 saturated heterocycles. The molecule has 1 atom stereocenters. The number of alkyl halides is 3. The Balaban J connectivity index is 1.98. The topological polar surface area (TPSA) is 53.0 Å². The summed E-state index contributed by atoms with van der Waals surface area (Å²) in [6, 6.07) is -0.460. The standard InChI is InChI=1S/C10H15F3N2O3/c11-10(12,13)9(17)1-2-15(7-9)8(16)14-3-5-18-6-4-14/h17H,1-7H2. The van der Waals surface area contributed by atoms with Gasteiger partial charge in [0.2, 0.25) is 0 Å². The van der Waals surface area contributed by atoms with E-state index in [-0.39, 0.29) is 6.54 Å². The number of ether oxygens (including phenoxy) is 1. The van der Waals surface area contributed by atoms with Gasteiger partial charge in [0.1, 0.15) is 0 Å². The molecule has 1 unspecified atom stereocenters. The lowest BCUT2D eigenvalue weighted by Gasteiger charge is -2.32. The number of nitrogens with zero attached hydrogens (tertiary/aromatic N) is 2. The van der Waals surface area contributed by atoms with Crippen molar-refractivity contribution in [3.05, 3.63) is 0 Å². The predicted molar refractivity (Wildman–Crippen MR) is 55.0 cm³/mol. The third-order valence-corrected chi connectivity index (χ3v) is 3.33. The first-order valence-corrected chi connectivity index (χ1v) is 5.74. The van der Waals surface area contributed by atoms with Crippen LogP contribution in [-0.2, 0) is 4.74 Å². The fourth-order valence-corrected chi connectivity index (χ4v) is 2.14. The lowest BCUT2D eigenvalue weighted by Crippen LogP contribution is -2.51. The molecule has 0 aromatic heterocycles. The summed E-state index contributed by atoms with van der Waals surface area (Å²) >= 11 is 0. The number of likely N-dealkylation sites (tertiary alicyclic amines) is 1. The zero-order valence-corrected chi connectivity index (χ0v) is 9.74. The van der Waals surface area contributed by atoms with Gasteiger partial charge in [0, 0.05) is 26.1 Å². The Morgan fingerprint density at radius 1 is 1.17 bits per heavy atom. The molecule has 0 radical (unpaired) electrons. The van der Waals surface area contributed by atoms with Crippen LogP contribution in [0.4, 0.5) is 18.0 Å². The minimum Gasteiger partial charge on any atom is -0.379 e. The molecule has 0 saturated carbocycles. The van der Waals surface area contributed by atoms with Gasteiger partial charge in [-0.1, -0.05) is 0 Å². The molecule has 2 rings (SSSR count). The summed E-state index contributed by atoms with van der Waals surface area (Å²) in [6.07, 6.45) is -5.17. The number of hydrogen-bond acceptors (Lipinski definition) is 3. The minimum absolute atomic E-state index is 0.0772. The Labute approximate surface area is 102 Å². The summed E-state index contributed by atoms with van der Waals surface area (Å²) in [6.45, 7) is 0.769. The van der Waals surface area contributed by atoms with Crippen molar-refractivity contribution in [3.63, 3.8) is 0 Å². The molecule has 0 aromatic carbocycles. The van der Waals surface area contributed by atoms with Crippen LogP contribution in [0.5, 0.6) is 0 Å². The summed E-state index contributed by atoms with van der Waals surface area (Å²) in [5, 5.41) is 9.48. The lowest BCUT2D eigenvalue weighted by atomic mass is 10.0. The van der Waals surface area contributed by atoms with E-state index in [0.717, 1.165) is 4.90 Å². The zero-order valence-electron chi connectivity index (χ0n) is 9.74. The van der Waals surface area contributed by atoms with Gasteiger partial charge >= 0.3 is 12.2 Å². The normalized spacial score (nSPS) is 29.8. The summed E-state index contributed by atoms with van der Waals surface area (Å²) in [5.41, 5.74) is -2.77. The maximum absolute atomic E-state index is 12.6. The Morgan fingerprint density at radius 3 is 2.28 bits per heavy atom. The highest BCUT2D eigenvalue weighted by atomic mass is 19.4. The van der Waals surface area contributed by atoms with Crippen LogP contribution in [0.25, 0.3) is 0 Å². The molecule has 1 N–H and O–H groups in total. The van der Waals surface area contributed by atoms with Crippen molar-refractivity contribution in [3.8, 4) is 0 Å². The largest absolute Gasteiger partial charge is 0.419 e. The fraction of sp³-hybridized carbons (Fsp3) is 0.900. The van der Waals surface area contributed by atoms with Gasteiger partial charge in [0.05, 0.1) is 19.8 Å². The maximum Gasteiger partial charge on any atom is 0.419 e. The Kier molecular flexibility index (Phi) is 3.41. The molecule has 8 heteroatoms. The third kappa shape index (κ3) is 2.39. The van der Waals surface area contributed by atoms with Gasteiger partial charge in [-0.3, -0.25) is 0 Å². The van der Waals surface area contributed by atoms with Crippen molar-refractivity contribution in [2.75, 3.05) is 39.4 Å². The molecule has 2 fully saturated rings. The number of carbonyl (C=O) groups is 1. The highest BCUT2D eigenvalue weighted by Crippen LogP contribution is 2.37. The molecule has 2 amide bonds. The van der Waals surface area contributed by atoms with E-state index in [1.165, 1.54) is 4.90 Å². The van der Waals surface area contributed by atoms with E-state index in [0.29, 0.717) is 26.3 Å². The van der Waals surface area contributed by atoms with E-state index in [1.807, 2.05) is 0 Å². The minimum atomic E-state index is -4.70. The quantitative estimate of drug-likeness (QED) is 0.693. The second kappa shape index (κ2) is 4.58. The van der Waals surface area contributed by atoms with Gasteiger partial charge in [0.25, 0.3) is 0 Å². The molecule has 0 spiro atoms. The van der Waals surface area contributed by atoms with E-state index in [9.17, 15) is 23.1 Å². The second-order valence-corrected chi connectivity index (χ2v) is 4.58. The molecule has 0 aliphatic carbocycles. The molecule has 5 nitrogen and oxygen atoms in total. The second-order valence-electron chi connectivity index (χ2n) is 4.58. The van der Waals surface area contributed by atoms with Crippen LogP contribution < -0.4 is 0 Å². The first-order valence-electron chi connectivity index (χ1n) is 5.74. The van der Waals surface area contributed by atoms with Crippen molar-refractivity contribution in [1.29, 1.82) is 0 Å². The monoisotopic (exact) mass is 268 g/mol. The Hall–Kier alpha value is -1.02. The number of halogens is 3. The van der Waals surface area contributed by atoms with E-state index >= 15 is 0 Å².